The highest BCUT2D eigenvalue weighted by molar-refractivity contribution is 4.48. The molecule has 0 aliphatic carbocycles. The van der Waals surface area contributed by atoms with Crippen LogP contribution < -0.4 is 0 Å². The maximum atomic E-state index is 9.63. The number of aliphatic hydroxyl groups excluding tert-OH is 2. The molecule has 0 bridgehead atoms. The number of hydrogen-bond donors (Lipinski definition) is 3. The van der Waals surface area contributed by atoms with E-state index < -0.39 is 12.5 Å². The van der Waals surface area contributed by atoms with E-state index in [4.69, 9.17) is 10.2 Å². The van der Waals surface area contributed by atoms with Crippen molar-refractivity contribution >= 4 is 0 Å². The van der Waals surface area contributed by atoms with E-state index in [1.54, 1.807) is 0 Å². The van der Waals surface area contributed by atoms with Gasteiger partial charge in [-0.3, -0.25) is 4.48 Å². The topological polar surface area (TPSA) is 60.7 Å². The van der Waals surface area contributed by atoms with Crippen molar-refractivity contribution in [3.05, 3.63) is 0 Å². The molecule has 1 unspecified atom stereocenters. The van der Waals surface area contributed by atoms with E-state index in [0.717, 1.165) is 19.4 Å². The van der Waals surface area contributed by atoms with Gasteiger partial charge >= 0.3 is 0 Å². The number of hydrogen-bond acceptors (Lipinski definition) is 3. The van der Waals surface area contributed by atoms with Crippen LogP contribution in [0.15, 0.2) is 0 Å². The van der Waals surface area contributed by atoms with Crippen molar-refractivity contribution in [1.82, 2.24) is 0 Å². The van der Waals surface area contributed by atoms with Gasteiger partial charge in [0.05, 0.1) is 20.6 Å². The summed E-state index contributed by atoms with van der Waals surface area (Å²) in [5.74, 6) is 0. The number of unbranched alkanes of at least 4 members (excludes halogenated alkanes) is 7. The van der Waals surface area contributed by atoms with Gasteiger partial charge in [0.25, 0.3) is 0 Å². The zero-order valence-electron chi connectivity index (χ0n) is 12.3. The van der Waals surface area contributed by atoms with Crippen molar-refractivity contribution in [1.29, 1.82) is 0 Å². The van der Waals surface area contributed by atoms with E-state index >= 15 is 0 Å². The fraction of sp³-hybridized carbons (Fsp3) is 1.00. The Morgan fingerprint density at radius 1 is 0.778 bits per heavy atom. The van der Waals surface area contributed by atoms with E-state index in [-0.39, 0.29) is 4.48 Å². The van der Waals surface area contributed by atoms with Crippen LogP contribution in [0.4, 0.5) is 0 Å². The highest BCUT2D eigenvalue weighted by atomic mass is 16.5. The lowest BCUT2D eigenvalue weighted by atomic mass is 10.1. The molecule has 0 aromatic carbocycles. The van der Waals surface area contributed by atoms with Crippen LogP contribution in [0.2, 0.25) is 0 Å². The average molecular weight is 262 g/mol. The molecule has 0 spiro atoms. The molecular formula is C14H32NO3+. The van der Waals surface area contributed by atoms with Crippen molar-refractivity contribution in [2.24, 2.45) is 0 Å². The van der Waals surface area contributed by atoms with Crippen LogP contribution in [0.3, 0.4) is 0 Å². The number of quaternary nitrogens is 1. The minimum absolute atomic E-state index is 0.244. The second kappa shape index (κ2) is 9.73. The Balaban J connectivity index is 3.53. The third kappa shape index (κ3) is 8.03. The molecule has 0 aliphatic rings. The summed E-state index contributed by atoms with van der Waals surface area (Å²) < 4.78 is 0.244. The number of aliphatic hydroxyl groups is 3. The summed E-state index contributed by atoms with van der Waals surface area (Å²) >= 11 is 0. The van der Waals surface area contributed by atoms with Crippen molar-refractivity contribution in [3.63, 3.8) is 0 Å². The number of rotatable bonds is 11. The molecule has 0 aliphatic heterocycles. The first kappa shape index (κ1) is 17.8. The minimum Gasteiger partial charge on any atom is -0.361 e. The van der Waals surface area contributed by atoms with Crippen LogP contribution >= 0.6 is 0 Å². The fourth-order valence-corrected chi connectivity index (χ4v) is 2.15. The Labute approximate surface area is 112 Å². The van der Waals surface area contributed by atoms with E-state index in [2.05, 4.69) is 6.92 Å². The molecule has 0 amide bonds. The first-order chi connectivity index (χ1) is 8.41. The van der Waals surface area contributed by atoms with Crippen molar-refractivity contribution in [2.45, 2.75) is 70.8 Å². The van der Waals surface area contributed by atoms with Crippen molar-refractivity contribution in [2.75, 3.05) is 20.6 Å². The third-order valence-electron chi connectivity index (χ3n) is 3.57. The Morgan fingerprint density at radius 3 is 1.67 bits per heavy atom. The van der Waals surface area contributed by atoms with Crippen molar-refractivity contribution in [3.8, 4) is 0 Å². The predicted molar refractivity (Wildman–Crippen MR) is 73.8 cm³/mol. The Bertz CT molecular complexity index is 195. The van der Waals surface area contributed by atoms with E-state index in [9.17, 15) is 5.11 Å². The predicted octanol–water partition coefficient (Wildman–Crippen LogP) is 1.83. The van der Waals surface area contributed by atoms with Gasteiger partial charge < -0.3 is 15.3 Å². The molecule has 0 radical (unpaired) electrons. The van der Waals surface area contributed by atoms with Crippen LogP contribution in [0.5, 0.6) is 0 Å². The van der Waals surface area contributed by atoms with Crippen LogP contribution in [-0.2, 0) is 0 Å². The molecule has 0 aromatic rings. The van der Waals surface area contributed by atoms with Gasteiger partial charge in [0, 0.05) is 0 Å². The average Bonchev–Trinajstić information content (AvgIpc) is 2.31. The van der Waals surface area contributed by atoms with Gasteiger partial charge in [-0.2, -0.15) is 0 Å². The standard InChI is InChI=1S/C14H32NO3/c1-4-5-6-7-8-9-10-11-12-15(2,3)13(16)14(17)18/h13-14,16-18H,4-12H2,1-3H3/q+1. The van der Waals surface area contributed by atoms with Gasteiger partial charge in [-0.1, -0.05) is 45.4 Å². The molecule has 0 heterocycles. The molecule has 1 atom stereocenters. The summed E-state index contributed by atoms with van der Waals surface area (Å²) in [6.45, 7) is 2.99. The zero-order valence-corrected chi connectivity index (χ0v) is 12.3. The number of likely N-dealkylation sites (N-methyl/N-ethyl adjacent to an activating group) is 1. The molecule has 18 heavy (non-hydrogen) atoms. The maximum Gasteiger partial charge on any atom is 0.242 e. The highest BCUT2D eigenvalue weighted by Crippen LogP contribution is 2.12. The lowest BCUT2D eigenvalue weighted by Crippen LogP contribution is -2.54. The molecule has 4 heteroatoms. The Kier molecular flexibility index (Phi) is 9.64. The smallest absolute Gasteiger partial charge is 0.242 e. The summed E-state index contributed by atoms with van der Waals surface area (Å²) in [6.07, 6.45) is 7.21. The Hall–Kier alpha value is -0.160. The van der Waals surface area contributed by atoms with Gasteiger partial charge in [0.1, 0.15) is 0 Å². The second-order valence-corrected chi connectivity index (χ2v) is 5.80. The molecule has 0 rings (SSSR count). The molecule has 0 saturated heterocycles. The number of nitrogens with zero attached hydrogens (tertiary/aromatic N) is 1. The first-order valence-corrected chi connectivity index (χ1v) is 7.28. The van der Waals surface area contributed by atoms with Gasteiger partial charge in [0.2, 0.25) is 12.5 Å². The monoisotopic (exact) mass is 262 g/mol. The highest BCUT2D eigenvalue weighted by Gasteiger charge is 2.30. The van der Waals surface area contributed by atoms with E-state index in [0.29, 0.717) is 0 Å². The second-order valence-electron chi connectivity index (χ2n) is 5.80. The zero-order chi connectivity index (χ0) is 14.0. The molecule has 0 fully saturated rings. The summed E-state index contributed by atoms with van der Waals surface area (Å²) in [5, 5.41) is 27.6. The normalized spacial score (nSPS) is 14.2. The van der Waals surface area contributed by atoms with Crippen LogP contribution in [0.1, 0.15) is 58.3 Å². The summed E-state index contributed by atoms with van der Waals surface area (Å²) in [5.41, 5.74) is 0. The molecule has 4 nitrogen and oxygen atoms in total. The SMILES string of the molecule is CCCCCCCCCC[N+](C)(C)C(O)C(O)O. The van der Waals surface area contributed by atoms with Crippen LogP contribution in [-0.4, -0.2) is 53.0 Å². The van der Waals surface area contributed by atoms with Gasteiger partial charge in [-0.05, 0) is 12.8 Å². The van der Waals surface area contributed by atoms with Crippen LogP contribution in [0.25, 0.3) is 0 Å². The summed E-state index contributed by atoms with van der Waals surface area (Å²) in [7, 11) is 3.65. The quantitative estimate of drug-likeness (QED) is 0.302. The van der Waals surface area contributed by atoms with Gasteiger partial charge in [-0.15, -0.1) is 0 Å². The summed E-state index contributed by atoms with van der Waals surface area (Å²) in [4.78, 5) is 0. The third-order valence-corrected chi connectivity index (χ3v) is 3.57. The first-order valence-electron chi connectivity index (χ1n) is 7.28. The molecule has 0 saturated carbocycles. The largest absolute Gasteiger partial charge is 0.361 e. The molecule has 0 aromatic heterocycles. The lowest BCUT2D eigenvalue weighted by molar-refractivity contribution is -0.944. The minimum atomic E-state index is -1.66. The van der Waals surface area contributed by atoms with E-state index in [1.165, 1.54) is 38.5 Å². The van der Waals surface area contributed by atoms with Gasteiger partial charge in [0.15, 0.2) is 0 Å². The lowest BCUT2D eigenvalue weighted by Gasteiger charge is -2.35. The Morgan fingerprint density at radius 2 is 1.22 bits per heavy atom. The van der Waals surface area contributed by atoms with E-state index in [1.807, 2.05) is 14.1 Å². The van der Waals surface area contributed by atoms with Gasteiger partial charge in [-0.25, -0.2) is 0 Å². The fourth-order valence-electron chi connectivity index (χ4n) is 2.15. The molecule has 110 valence electrons. The van der Waals surface area contributed by atoms with Crippen molar-refractivity contribution < 1.29 is 19.8 Å². The molecule has 3 N–H and O–H groups in total. The van der Waals surface area contributed by atoms with Crippen LogP contribution in [0, 0.1) is 0 Å². The maximum absolute atomic E-state index is 9.63. The summed E-state index contributed by atoms with van der Waals surface area (Å²) in [6, 6.07) is 0. The molecular weight excluding hydrogens is 230 g/mol.